The Morgan fingerprint density at radius 3 is 2.60 bits per heavy atom. The number of alkyl halides is 3. The van der Waals surface area contributed by atoms with Crippen molar-refractivity contribution in [3.8, 4) is 5.69 Å². The molecule has 9 nitrogen and oxygen atoms in total. The molecule has 1 unspecified atom stereocenters. The Morgan fingerprint density at radius 1 is 1.07 bits per heavy atom. The van der Waals surface area contributed by atoms with Crippen LogP contribution >= 0.6 is 23.1 Å². The van der Waals surface area contributed by atoms with Gasteiger partial charge in [0.05, 0.1) is 46.4 Å². The number of nitrogens with one attached hydrogen (secondary N) is 1. The lowest BCUT2D eigenvalue weighted by atomic mass is 10.00. The fraction of sp³-hybridized carbons (Fsp3) is 0.194. The van der Waals surface area contributed by atoms with Gasteiger partial charge in [0.15, 0.2) is 16.7 Å². The maximum absolute atomic E-state index is 13.7. The lowest BCUT2D eigenvalue weighted by molar-refractivity contribution is -0.137. The van der Waals surface area contributed by atoms with Crippen LogP contribution < -0.4 is 5.32 Å². The van der Waals surface area contributed by atoms with E-state index in [1.807, 2.05) is 48.7 Å². The number of aryl methyl sites for hydroxylation is 1. The summed E-state index contributed by atoms with van der Waals surface area (Å²) in [7, 11) is 0. The SMILES string of the molecule is Cc1ccc(C2CC(c3cccs3)=NN2C(=O)CSc2nnc(CNC(=O)c3ccco3)n2-c2cccc(C(F)(F)F)c2)cc1. The normalized spacial score (nSPS) is 14.9. The van der Waals surface area contributed by atoms with Crippen LogP contribution in [0.3, 0.4) is 0 Å². The highest BCUT2D eigenvalue weighted by molar-refractivity contribution is 7.99. The molecule has 1 atom stereocenters. The first-order valence-electron chi connectivity index (χ1n) is 13.7. The van der Waals surface area contributed by atoms with Crippen molar-refractivity contribution in [2.75, 3.05) is 5.75 Å². The number of aromatic nitrogens is 3. The quantitative estimate of drug-likeness (QED) is 0.179. The highest BCUT2D eigenvalue weighted by Gasteiger charge is 2.34. The van der Waals surface area contributed by atoms with Gasteiger partial charge in [-0.15, -0.1) is 21.5 Å². The minimum absolute atomic E-state index is 0.0662. The van der Waals surface area contributed by atoms with E-state index in [2.05, 4.69) is 15.5 Å². The van der Waals surface area contributed by atoms with Gasteiger partial charge in [-0.3, -0.25) is 14.2 Å². The highest BCUT2D eigenvalue weighted by Crippen LogP contribution is 2.36. The number of benzene rings is 2. The lowest BCUT2D eigenvalue weighted by Gasteiger charge is -2.22. The Balaban J connectivity index is 1.27. The molecule has 0 aliphatic carbocycles. The van der Waals surface area contributed by atoms with Crippen LogP contribution in [0.1, 0.15) is 50.4 Å². The molecule has 0 spiro atoms. The highest BCUT2D eigenvalue weighted by atomic mass is 32.2. The van der Waals surface area contributed by atoms with Gasteiger partial charge < -0.3 is 9.73 Å². The number of thiophene rings is 1. The zero-order valence-corrected chi connectivity index (χ0v) is 25.3. The van der Waals surface area contributed by atoms with Crippen molar-refractivity contribution in [2.24, 2.45) is 5.10 Å². The van der Waals surface area contributed by atoms with E-state index in [-0.39, 0.29) is 46.7 Å². The molecule has 1 aliphatic heterocycles. The van der Waals surface area contributed by atoms with E-state index >= 15 is 0 Å². The van der Waals surface area contributed by atoms with E-state index in [1.165, 1.54) is 34.0 Å². The molecule has 0 saturated heterocycles. The summed E-state index contributed by atoms with van der Waals surface area (Å²) in [4.78, 5) is 27.2. The zero-order valence-electron chi connectivity index (χ0n) is 23.7. The van der Waals surface area contributed by atoms with E-state index in [0.29, 0.717) is 6.42 Å². The predicted molar refractivity (Wildman–Crippen MR) is 163 cm³/mol. The van der Waals surface area contributed by atoms with Crippen molar-refractivity contribution in [1.29, 1.82) is 0 Å². The maximum atomic E-state index is 13.7. The summed E-state index contributed by atoms with van der Waals surface area (Å²) in [5, 5.41) is 19.3. The van der Waals surface area contributed by atoms with Crippen molar-refractivity contribution in [2.45, 2.75) is 37.3 Å². The van der Waals surface area contributed by atoms with Crippen LogP contribution in [0.5, 0.6) is 0 Å². The Morgan fingerprint density at radius 2 is 1.89 bits per heavy atom. The Hall–Kier alpha value is -4.69. The summed E-state index contributed by atoms with van der Waals surface area (Å²) in [5.74, 6) is -0.709. The smallest absolute Gasteiger partial charge is 0.416 e. The van der Waals surface area contributed by atoms with E-state index in [0.717, 1.165) is 45.6 Å². The molecule has 0 fully saturated rings. The summed E-state index contributed by atoms with van der Waals surface area (Å²) in [6.07, 6.45) is -2.69. The molecule has 0 bridgehead atoms. The van der Waals surface area contributed by atoms with E-state index in [4.69, 9.17) is 9.52 Å². The number of halogens is 3. The largest absolute Gasteiger partial charge is 0.459 e. The van der Waals surface area contributed by atoms with E-state index in [9.17, 15) is 22.8 Å². The fourth-order valence-electron chi connectivity index (χ4n) is 4.82. The van der Waals surface area contributed by atoms with Gasteiger partial charge in [0, 0.05) is 6.42 Å². The van der Waals surface area contributed by atoms with E-state index in [1.54, 1.807) is 17.4 Å². The number of carbonyl (C=O) groups is 2. The predicted octanol–water partition coefficient (Wildman–Crippen LogP) is 6.65. The molecule has 0 saturated carbocycles. The Labute approximate surface area is 263 Å². The average molecular weight is 651 g/mol. The molecular formula is C31H25F3N6O3S2. The summed E-state index contributed by atoms with van der Waals surface area (Å²) >= 11 is 2.56. The van der Waals surface area contributed by atoms with Gasteiger partial charge in [-0.2, -0.15) is 18.3 Å². The lowest BCUT2D eigenvalue weighted by Crippen LogP contribution is -2.28. The van der Waals surface area contributed by atoms with Crippen molar-refractivity contribution in [3.63, 3.8) is 0 Å². The first-order chi connectivity index (χ1) is 21.7. The molecule has 14 heteroatoms. The zero-order chi connectivity index (χ0) is 31.6. The fourth-order valence-corrected chi connectivity index (χ4v) is 6.36. The molecule has 6 rings (SSSR count). The van der Waals surface area contributed by atoms with E-state index < -0.39 is 17.6 Å². The molecule has 4 heterocycles. The minimum Gasteiger partial charge on any atom is -0.459 e. The number of hydrazone groups is 1. The van der Waals surface area contributed by atoms with Crippen LogP contribution in [0, 0.1) is 6.92 Å². The van der Waals surface area contributed by atoms with Crippen LogP contribution in [0.2, 0.25) is 0 Å². The number of hydrogen-bond acceptors (Lipinski definition) is 8. The molecule has 2 amide bonds. The summed E-state index contributed by atoms with van der Waals surface area (Å²) in [5.41, 5.74) is 2.10. The van der Waals surface area contributed by atoms with Crippen LogP contribution in [-0.2, 0) is 17.5 Å². The Kier molecular flexibility index (Phi) is 8.59. The third-order valence-electron chi connectivity index (χ3n) is 7.04. The van der Waals surface area contributed by atoms with Gasteiger partial charge in [-0.1, -0.05) is 53.7 Å². The molecule has 45 heavy (non-hydrogen) atoms. The number of hydrogen-bond donors (Lipinski definition) is 1. The number of carbonyl (C=O) groups excluding carboxylic acids is 2. The van der Waals surface area contributed by atoms with Crippen molar-refractivity contribution in [1.82, 2.24) is 25.1 Å². The number of amides is 2. The second kappa shape index (κ2) is 12.7. The maximum Gasteiger partial charge on any atom is 0.416 e. The van der Waals surface area contributed by atoms with Crippen molar-refractivity contribution >= 4 is 40.6 Å². The number of furan rings is 1. The standard InChI is InChI=1S/C31H25F3N6O3S2/c1-19-9-11-20(12-10-19)24-16-23(26-8-4-14-44-26)38-40(24)28(41)18-45-30-37-36-27(17-35-29(42)25-7-3-13-43-25)39(30)22-6-2-5-21(15-22)31(32,33)34/h2-15,24H,16-18H2,1H3,(H,35,42). The third-order valence-corrected chi connectivity index (χ3v) is 8.88. The summed E-state index contributed by atoms with van der Waals surface area (Å²) in [6.45, 7) is 1.83. The monoisotopic (exact) mass is 650 g/mol. The van der Waals surface area contributed by atoms with Crippen LogP contribution in [0.15, 0.2) is 99.1 Å². The molecule has 0 radical (unpaired) electrons. The minimum atomic E-state index is -4.58. The van der Waals surface area contributed by atoms with Crippen molar-refractivity contribution < 1.29 is 27.2 Å². The summed E-state index contributed by atoms with van der Waals surface area (Å²) < 4.78 is 47.3. The summed E-state index contributed by atoms with van der Waals surface area (Å²) in [6, 6.07) is 19.2. The van der Waals surface area contributed by atoms with Gasteiger partial charge in [-0.25, -0.2) is 5.01 Å². The van der Waals surface area contributed by atoms with Gasteiger partial charge in [-0.05, 0) is 54.3 Å². The van der Waals surface area contributed by atoms with Crippen molar-refractivity contribution in [3.05, 3.63) is 118 Å². The van der Waals surface area contributed by atoms with Gasteiger partial charge >= 0.3 is 6.18 Å². The van der Waals surface area contributed by atoms with Gasteiger partial charge in [0.1, 0.15) is 0 Å². The Bertz CT molecular complexity index is 1830. The number of rotatable bonds is 9. The van der Waals surface area contributed by atoms with Crippen LogP contribution in [-0.4, -0.2) is 43.1 Å². The molecule has 2 aromatic carbocycles. The molecule has 230 valence electrons. The topological polar surface area (TPSA) is 106 Å². The van der Waals surface area contributed by atoms with Crippen LogP contribution in [0.25, 0.3) is 5.69 Å². The second-order valence-corrected chi connectivity index (χ2v) is 12.0. The second-order valence-electron chi connectivity index (χ2n) is 10.1. The number of thioether (sulfide) groups is 1. The van der Waals surface area contributed by atoms with Gasteiger partial charge in [0.2, 0.25) is 0 Å². The average Bonchev–Trinajstić information content (AvgIpc) is 3.85. The molecule has 5 aromatic rings. The first-order valence-corrected chi connectivity index (χ1v) is 15.6. The van der Waals surface area contributed by atoms with Crippen LogP contribution in [0.4, 0.5) is 13.2 Å². The molecular weight excluding hydrogens is 626 g/mol. The molecule has 3 aromatic heterocycles. The molecule has 1 aliphatic rings. The molecule has 1 N–H and O–H groups in total. The van der Waals surface area contributed by atoms with Gasteiger partial charge in [0.25, 0.3) is 11.8 Å². The number of nitrogens with zero attached hydrogens (tertiary/aromatic N) is 5. The first kappa shape index (κ1) is 30.3. The third kappa shape index (κ3) is 6.71.